The number of piperidine rings is 1. The fourth-order valence-electron chi connectivity index (χ4n) is 4.43. The molecule has 0 atom stereocenters. The largest absolute Gasteiger partial charge is 0.492 e. The second-order valence-corrected chi connectivity index (χ2v) is 10.6. The highest BCUT2D eigenvalue weighted by atomic mass is 32.2. The molecule has 2 aliphatic rings. The van der Waals surface area contributed by atoms with Crippen molar-refractivity contribution in [2.45, 2.75) is 12.8 Å². The number of nitrogens with zero attached hydrogens (tertiary/aromatic N) is 3. The lowest BCUT2D eigenvalue weighted by molar-refractivity contribution is -0.138. The number of piperazine rings is 1. The van der Waals surface area contributed by atoms with Gasteiger partial charge in [0.1, 0.15) is 12.4 Å². The van der Waals surface area contributed by atoms with Crippen molar-refractivity contribution in [3.8, 4) is 5.75 Å². The Kier molecular flexibility index (Phi) is 8.37. The molecule has 0 aromatic heterocycles. The highest BCUT2D eigenvalue weighted by Gasteiger charge is 2.33. The molecule has 1 amide bonds. The van der Waals surface area contributed by atoms with Crippen molar-refractivity contribution in [1.82, 2.24) is 14.1 Å². The van der Waals surface area contributed by atoms with E-state index in [1.807, 2.05) is 65.6 Å². The summed E-state index contributed by atoms with van der Waals surface area (Å²) in [5.74, 6) is 0.940. The van der Waals surface area contributed by atoms with E-state index in [1.165, 1.54) is 9.71 Å². The van der Waals surface area contributed by atoms with E-state index in [0.29, 0.717) is 45.6 Å². The number of sulfonamides is 1. The van der Waals surface area contributed by atoms with Gasteiger partial charge in [0, 0.05) is 57.1 Å². The van der Waals surface area contributed by atoms with Crippen LogP contribution in [0.2, 0.25) is 0 Å². The Labute approximate surface area is 202 Å². The van der Waals surface area contributed by atoms with Crippen molar-refractivity contribution in [3.05, 3.63) is 71.6 Å². The van der Waals surface area contributed by atoms with Crippen LogP contribution in [0.1, 0.15) is 18.4 Å². The van der Waals surface area contributed by atoms with Gasteiger partial charge in [-0.2, -0.15) is 4.31 Å². The molecule has 0 unspecified atom stereocenters. The van der Waals surface area contributed by atoms with Gasteiger partial charge in [-0.3, -0.25) is 9.69 Å². The van der Waals surface area contributed by atoms with Gasteiger partial charge in [0.2, 0.25) is 15.9 Å². The standard InChI is InChI=1S/C26H33N3O4S/c30-26(28-18-16-27(17-19-28)20-21-33-25-9-5-2-6-10-25)24-11-14-29(15-12-24)34(31,32)22-13-23-7-3-1-4-8-23/h1-10,13,22,24H,11-12,14-21H2. The molecule has 0 bridgehead atoms. The first-order valence-corrected chi connectivity index (χ1v) is 13.4. The molecule has 0 aliphatic carbocycles. The Morgan fingerprint density at radius 1 is 0.882 bits per heavy atom. The van der Waals surface area contributed by atoms with E-state index in [-0.39, 0.29) is 11.8 Å². The van der Waals surface area contributed by atoms with E-state index < -0.39 is 10.0 Å². The molecule has 7 nitrogen and oxygen atoms in total. The summed E-state index contributed by atoms with van der Waals surface area (Å²) in [6.07, 6.45) is 2.77. The number of hydrogen-bond acceptors (Lipinski definition) is 5. The van der Waals surface area contributed by atoms with Crippen LogP contribution in [-0.2, 0) is 14.8 Å². The summed E-state index contributed by atoms with van der Waals surface area (Å²) in [4.78, 5) is 17.3. The summed E-state index contributed by atoms with van der Waals surface area (Å²) in [5.41, 5.74) is 0.849. The van der Waals surface area contributed by atoms with Gasteiger partial charge >= 0.3 is 0 Å². The number of carbonyl (C=O) groups is 1. The lowest BCUT2D eigenvalue weighted by Gasteiger charge is -2.38. The average Bonchev–Trinajstić information content (AvgIpc) is 2.89. The van der Waals surface area contributed by atoms with E-state index in [2.05, 4.69) is 4.90 Å². The minimum Gasteiger partial charge on any atom is -0.492 e. The smallest absolute Gasteiger partial charge is 0.236 e. The van der Waals surface area contributed by atoms with Crippen LogP contribution in [-0.4, -0.2) is 80.9 Å². The number of hydrogen-bond donors (Lipinski definition) is 0. The molecule has 8 heteroatoms. The minimum absolute atomic E-state index is 0.0995. The maximum Gasteiger partial charge on any atom is 0.236 e. The summed E-state index contributed by atoms with van der Waals surface area (Å²) in [6, 6.07) is 19.2. The Bertz CT molecular complexity index is 1040. The molecule has 2 fully saturated rings. The van der Waals surface area contributed by atoms with Crippen LogP contribution in [0, 0.1) is 5.92 Å². The van der Waals surface area contributed by atoms with Gasteiger partial charge in [-0.1, -0.05) is 48.5 Å². The first kappa shape index (κ1) is 24.4. The van der Waals surface area contributed by atoms with Gasteiger partial charge in [-0.05, 0) is 36.6 Å². The van der Waals surface area contributed by atoms with Gasteiger partial charge < -0.3 is 9.64 Å². The second-order valence-electron chi connectivity index (χ2n) is 8.76. The van der Waals surface area contributed by atoms with E-state index in [0.717, 1.165) is 30.9 Å². The van der Waals surface area contributed by atoms with Crippen molar-refractivity contribution in [2.75, 3.05) is 52.4 Å². The Hall–Kier alpha value is -2.68. The van der Waals surface area contributed by atoms with E-state index in [9.17, 15) is 13.2 Å². The van der Waals surface area contributed by atoms with Gasteiger partial charge in [0.05, 0.1) is 0 Å². The van der Waals surface area contributed by atoms with Gasteiger partial charge in [-0.25, -0.2) is 8.42 Å². The Balaban J connectivity index is 1.18. The zero-order valence-corrected chi connectivity index (χ0v) is 20.3. The highest BCUT2D eigenvalue weighted by Crippen LogP contribution is 2.23. The van der Waals surface area contributed by atoms with Gasteiger partial charge in [0.15, 0.2) is 0 Å². The molecule has 2 heterocycles. The van der Waals surface area contributed by atoms with E-state index in [4.69, 9.17) is 4.74 Å². The van der Waals surface area contributed by atoms with Crippen LogP contribution < -0.4 is 4.74 Å². The molecule has 34 heavy (non-hydrogen) atoms. The molecule has 182 valence electrons. The highest BCUT2D eigenvalue weighted by molar-refractivity contribution is 7.92. The second kappa shape index (κ2) is 11.6. The normalized spacial score (nSPS) is 18.9. The molecule has 2 aromatic rings. The first-order chi connectivity index (χ1) is 16.5. The molecule has 2 saturated heterocycles. The zero-order valence-electron chi connectivity index (χ0n) is 19.5. The maximum absolute atomic E-state index is 13.0. The number of rotatable bonds is 8. The molecular formula is C26H33N3O4S. The summed E-state index contributed by atoms with van der Waals surface area (Å²) in [6.45, 7) is 5.32. The van der Waals surface area contributed by atoms with E-state index >= 15 is 0 Å². The molecule has 4 rings (SSSR count). The number of amides is 1. The molecule has 2 aliphatic heterocycles. The fraction of sp³-hybridized carbons (Fsp3) is 0.423. The first-order valence-electron chi connectivity index (χ1n) is 11.9. The Morgan fingerprint density at radius 3 is 2.15 bits per heavy atom. The number of para-hydroxylation sites is 1. The molecule has 2 aromatic carbocycles. The van der Waals surface area contributed by atoms with Crippen molar-refractivity contribution < 1.29 is 17.9 Å². The van der Waals surface area contributed by atoms with Gasteiger partial charge in [0.25, 0.3) is 0 Å². The molecule has 0 N–H and O–H groups in total. The van der Waals surface area contributed by atoms with Crippen LogP contribution in [0.15, 0.2) is 66.1 Å². The third-order valence-corrected chi connectivity index (χ3v) is 8.06. The van der Waals surface area contributed by atoms with E-state index in [1.54, 1.807) is 6.08 Å². The summed E-state index contributed by atoms with van der Waals surface area (Å²) in [7, 11) is -3.48. The summed E-state index contributed by atoms with van der Waals surface area (Å²) >= 11 is 0. The predicted molar refractivity (Wildman–Crippen MR) is 134 cm³/mol. The predicted octanol–water partition coefficient (Wildman–Crippen LogP) is 2.92. The van der Waals surface area contributed by atoms with Crippen LogP contribution in [0.5, 0.6) is 5.75 Å². The number of benzene rings is 2. The van der Waals surface area contributed by atoms with Crippen LogP contribution in [0.3, 0.4) is 0 Å². The van der Waals surface area contributed by atoms with Crippen molar-refractivity contribution >= 4 is 22.0 Å². The maximum atomic E-state index is 13.0. The molecule has 0 radical (unpaired) electrons. The fourth-order valence-corrected chi connectivity index (χ4v) is 5.65. The lowest BCUT2D eigenvalue weighted by Crippen LogP contribution is -2.52. The summed E-state index contributed by atoms with van der Waals surface area (Å²) in [5, 5.41) is 1.27. The number of ether oxygens (including phenoxy) is 1. The van der Waals surface area contributed by atoms with Crippen molar-refractivity contribution in [1.29, 1.82) is 0 Å². The monoisotopic (exact) mass is 483 g/mol. The molecule has 0 spiro atoms. The van der Waals surface area contributed by atoms with Gasteiger partial charge in [-0.15, -0.1) is 0 Å². The molecule has 0 saturated carbocycles. The lowest BCUT2D eigenvalue weighted by atomic mass is 9.96. The Morgan fingerprint density at radius 2 is 1.50 bits per heavy atom. The topological polar surface area (TPSA) is 70.2 Å². The molecular weight excluding hydrogens is 450 g/mol. The van der Waals surface area contributed by atoms with Crippen LogP contribution in [0.4, 0.5) is 0 Å². The van der Waals surface area contributed by atoms with Crippen LogP contribution in [0.25, 0.3) is 6.08 Å². The zero-order chi connectivity index (χ0) is 23.8. The average molecular weight is 484 g/mol. The SMILES string of the molecule is O=C(C1CCN(S(=O)(=O)C=Cc2ccccc2)CC1)N1CCN(CCOc2ccccc2)CC1. The van der Waals surface area contributed by atoms with Crippen molar-refractivity contribution in [3.63, 3.8) is 0 Å². The number of carbonyl (C=O) groups excluding carboxylic acids is 1. The van der Waals surface area contributed by atoms with Crippen molar-refractivity contribution in [2.24, 2.45) is 5.92 Å². The minimum atomic E-state index is -3.48. The van der Waals surface area contributed by atoms with Crippen LogP contribution >= 0.6 is 0 Å². The third-order valence-electron chi connectivity index (χ3n) is 6.50. The third kappa shape index (κ3) is 6.68. The summed E-state index contributed by atoms with van der Waals surface area (Å²) < 4.78 is 32.6. The quantitative estimate of drug-likeness (QED) is 0.578.